The van der Waals surface area contributed by atoms with Crippen LogP contribution in [0.3, 0.4) is 0 Å². The number of hydrogen-bond acceptors (Lipinski definition) is 3. The van der Waals surface area contributed by atoms with Crippen molar-refractivity contribution in [1.29, 1.82) is 0 Å². The van der Waals surface area contributed by atoms with Crippen LogP contribution in [0.4, 0.5) is 13.2 Å². The third-order valence-corrected chi connectivity index (χ3v) is 3.27. The van der Waals surface area contributed by atoms with Gasteiger partial charge < -0.3 is 16.0 Å². The number of hydrogen-bond donors (Lipinski definition) is 3. The van der Waals surface area contributed by atoms with E-state index in [4.69, 9.17) is 0 Å². The number of alkyl halides is 3. The van der Waals surface area contributed by atoms with Crippen LogP contribution in [0.1, 0.15) is 28.8 Å². The summed E-state index contributed by atoms with van der Waals surface area (Å²) >= 11 is 0. The topological polar surface area (TPSA) is 87.3 Å². The number of carbonyl (C=O) groups excluding carboxylic acids is 3. The maximum atomic E-state index is 12.4. The Morgan fingerprint density at radius 2 is 1.54 bits per heavy atom. The summed E-state index contributed by atoms with van der Waals surface area (Å²) in [6, 6.07) is 3.82. The summed E-state index contributed by atoms with van der Waals surface area (Å²) < 4.78 is 37.3. The molecule has 1 fully saturated rings. The van der Waals surface area contributed by atoms with Crippen molar-refractivity contribution in [1.82, 2.24) is 16.0 Å². The van der Waals surface area contributed by atoms with Gasteiger partial charge in [-0.15, -0.1) is 0 Å². The first-order valence-electron chi connectivity index (χ1n) is 7.27. The molecule has 1 aromatic carbocycles. The molecule has 0 heterocycles. The zero-order chi connectivity index (χ0) is 17.7. The number of benzene rings is 1. The first-order valence-corrected chi connectivity index (χ1v) is 7.27. The lowest BCUT2D eigenvalue weighted by Crippen LogP contribution is -2.42. The van der Waals surface area contributed by atoms with Gasteiger partial charge in [-0.05, 0) is 37.1 Å². The smallest absolute Gasteiger partial charge is 0.352 e. The molecule has 0 unspecified atom stereocenters. The third-order valence-electron chi connectivity index (χ3n) is 3.27. The average molecular weight is 343 g/mol. The van der Waals surface area contributed by atoms with E-state index in [1.165, 1.54) is 0 Å². The second kappa shape index (κ2) is 7.33. The molecule has 0 bridgehead atoms. The maximum absolute atomic E-state index is 12.4. The van der Waals surface area contributed by atoms with E-state index < -0.39 is 23.6 Å². The van der Waals surface area contributed by atoms with Crippen molar-refractivity contribution >= 4 is 17.7 Å². The van der Waals surface area contributed by atoms with Gasteiger partial charge in [-0.1, -0.05) is 0 Å². The van der Waals surface area contributed by atoms with E-state index in [1.54, 1.807) is 0 Å². The molecule has 24 heavy (non-hydrogen) atoms. The molecule has 1 aliphatic rings. The zero-order valence-electron chi connectivity index (χ0n) is 12.6. The van der Waals surface area contributed by atoms with Crippen molar-refractivity contribution in [2.75, 3.05) is 13.1 Å². The minimum Gasteiger partial charge on any atom is -0.352 e. The fourth-order valence-electron chi connectivity index (χ4n) is 1.82. The highest BCUT2D eigenvalue weighted by molar-refractivity contribution is 5.96. The van der Waals surface area contributed by atoms with Crippen molar-refractivity contribution in [3.63, 3.8) is 0 Å². The van der Waals surface area contributed by atoms with Gasteiger partial charge in [0, 0.05) is 11.6 Å². The maximum Gasteiger partial charge on any atom is 0.416 e. The minimum atomic E-state index is -4.48. The Balaban J connectivity index is 1.73. The van der Waals surface area contributed by atoms with Gasteiger partial charge in [0.25, 0.3) is 5.91 Å². The van der Waals surface area contributed by atoms with Crippen LogP contribution in [0.5, 0.6) is 0 Å². The van der Waals surface area contributed by atoms with E-state index in [-0.39, 0.29) is 30.6 Å². The monoisotopic (exact) mass is 343 g/mol. The van der Waals surface area contributed by atoms with Crippen LogP contribution in [0, 0.1) is 0 Å². The average Bonchev–Trinajstić information content (AvgIpc) is 3.33. The van der Waals surface area contributed by atoms with Crippen LogP contribution in [-0.4, -0.2) is 36.9 Å². The molecule has 0 saturated heterocycles. The predicted octanol–water partition coefficient (Wildman–Crippen LogP) is 0.830. The highest BCUT2D eigenvalue weighted by atomic mass is 19.4. The summed E-state index contributed by atoms with van der Waals surface area (Å²) in [4.78, 5) is 34.6. The van der Waals surface area contributed by atoms with Crippen LogP contribution in [0.25, 0.3) is 0 Å². The normalized spacial score (nSPS) is 14.0. The number of carbonyl (C=O) groups is 3. The molecule has 9 heteroatoms. The van der Waals surface area contributed by atoms with Crippen molar-refractivity contribution in [3.05, 3.63) is 35.4 Å². The molecule has 0 atom stereocenters. The molecule has 130 valence electrons. The number of nitrogens with one attached hydrogen (secondary N) is 3. The molecular formula is C15H16F3N3O3. The number of amides is 3. The molecule has 1 aromatic rings. The van der Waals surface area contributed by atoms with Gasteiger partial charge in [-0.3, -0.25) is 14.4 Å². The molecule has 3 amide bonds. The Kier molecular flexibility index (Phi) is 5.42. The number of rotatable bonds is 6. The van der Waals surface area contributed by atoms with Crippen LogP contribution >= 0.6 is 0 Å². The summed E-state index contributed by atoms with van der Waals surface area (Å²) in [6.45, 7) is -0.567. The molecule has 1 saturated carbocycles. The minimum absolute atomic E-state index is 0.00211. The van der Waals surface area contributed by atoms with Gasteiger partial charge in [0.1, 0.15) is 0 Å². The Hall–Kier alpha value is -2.58. The highest BCUT2D eigenvalue weighted by Gasteiger charge is 2.30. The summed E-state index contributed by atoms with van der Waals surface area (Å²) in [5.41, 5.74) is -0.860. The molecule has 6 nitrogen and oxygen atoms in total. The van der Waals surface area contributed by atoms with E-state index in [1.807, 2.05) is 0 Å². The van der Waals surface area contributed by atoms with Gasteiger partial charge in [-0.25, -0.2) is 0 Å². The van der Waals surface area contributed by atoms with Crippen molar-refractivity contribution in [3.8, 4) is 0 Å². The molecule has 3 N–H and O–H groups in total. The van der Waals surface area contributed by atoms with Crippen LogP contribution < -0.4 is 16.0 Å². The Morgan fingerprint density at radius 3 is 2.08 bits per heavy atom. The molecular weight excluding hydrogens is 327 g/mol. The van der Waals surface area contributed by atoms with Gasteiger partial charge in [0.15, 0.2) is 0 Å². The molecule has 0 radical (unpaired) electrons. The van der Waals surface area contributed by atoms with Gasteiger partial charge in [0.05, 0.1) is 18.7 Å². The van der Waals surface area contributed by atoms with E-state index in [0.29, 0.717) is 0 Å². The molecule has 1 aliphatic carbocycles. The summed E-state index contributed by atoms with van der Waals surface area (Å²) in [5.74, 6) is -1.55. The van der Waals surface area contributed by atoms with E-state index >= 15 is 0 Å². The fourth-order valence-corrected chi connectivity index (χ4v) is 1.82. The first kappa shape index (κ1) is 17.8. The highest BCUT2D eigenvalue weighted by Crippen LogP contribution is 2.29. The van der Waals surface area contributed by atoms with Gasteiger partial charge in [-0.2, -0.15) is 13.2 Å². The molecule has 0 aliphatic heterocycles. The SMILES string of the molecule is O=C(CNC(=O)c1ccc(C(F)(F)F)cc1)NCC(=O)NC1CC1. The number of halogens is 3. The van der Waals surface area contributed by atoms with Crippen LogP contribution in [-0.2, 0) is 15.8 Å². The van der Waals surface area contributed by atoms with Crippen molar-refractivity contribution in [2.45, 2.75) is 25.1 Å². The second-order valence-electron chi connectivity index (χ2n) is 5.38. The van der Waals surface area contributed by atoms with Gasteiger partial charge >= 0.3 is 6.18 Å². The van der Waals surface area contributed by atoms with E-state index in [9.17, 15) is 27.6 Å². The largest absolute Gasteiger partial charge is 0.416 e. The van der Waals surface area contributed by atoms with Gasteiger partial charge in [0.2, 0.25) is 11.8 Å². The lowest BCUT2D eigenvalue weighted by Gasteiger charge is -2.09. The Labute approximate surface area is 135 Å². The van der Waals surface area contributed by atoms with E-state index in [2.05, 4.69) is 16.0 Å². The van der Waals surface area contributed by atoms with Crippen LogP contribution in [0.2, 0.25) is 0 Å². The first-order chi connectivity index (χ1) is 11.3. The second-order valence-corrected chi connectivity index (χ2v) is 5.38. The quantitative estimate of drug-likeness (QED) is 0.715. The third kappa shape index (κ3) is 5.56. The Morgan fingerprint density at radius 1 is 0.958 bits per heavy atom. The summed E-state index contributed by atoms with van der Waals surface area (Å²) in [7, 11) is 0. The van der Waals surface area contributed by atoms with Crippen LogP contribution in [0.15, 0.2) is 24.3 Å². The van der Waals surface area contributed by atoms with Crippen molar-refractivity contribution in [2.24, 2.45) is 0 Å². The fraction of sp³-hybridized carbons (Fsp3) is 0.400. The zero-order valence-corrected chi connectivity index (χ0v) is 12.6. The standard InChI is InChI=1S/C15H16F3N3O3/c16-15(17,18)10-3-1-9(2-4-10)14(24)20-7-12(22)19-8-13(23)21-11-5-6-11/h1-4,11H,5-8H2,(H,19,22)(H,20,24)(H,21,23). The molecule has 0 spiro atoms. The Bertz CT molecular complexity index is 625. The molecule has 0 aromatic heterocycles. The summed E-state index contributed by atoms with van der Waals surface area (Å²) in [5, 5.41) is 7.29. The predicted molar refractivity (Wildman–Crippen MR) is 78.0 cm³/mol. The molecule has 2 rings (SSSR count). The van der Waals surface area contributed by atoms with Crippen molar-refractivity contribution < 1.29 is 27.6 Å². The van der Waals surface area contributed by atoms with E-state index in [0.717, 1.165) is 37.1 Å². The lowest BCUT2D eigenvalue weighted by atomic mass is 10.1. The summed E-state index contributed by atoms with van der Waals surface area (Å²) in [6.07, 6.45) is -2.61. The lowest BCUT2D eigenvalue weighted by molar-refractivity contribution is -0.137.